The van der Waals surface area contributed by atoms with E-state index in [1.807, 2.05) is 20.9 Å². The normalized spacial score (nSPS) is 12.3. The fourth-order valence-corrected chi connectivity index (χ4v) is 1.12. The van der Waals surface area contributed by atoms with Crippen LogP contribution in [0.25, 0.3) is 0 Å². The molecule has 0 aromatic carbocycles. The van der Waals surface area contributed by atoms with Gasteiger partial charge in [-0.05, 0) is 19.4 Å². The Hall–Kier alpha value is -0.0400. The molecule has 1 N–H and O–H groups in total. The van der Waals surface area contributed by atoms with Gasteiger partial charge in [-0.1, -0.05) is 41.0 Å². The Morgan fingerprint density at radius 2 is 1.64 bits per heavy atom. The average molecular weight is 159 g/mol. The summed E-state index contributed by atoms with van der Waals surface area (Å²) in [6.45, 7) is 10.8. The Labute approximate surface area is 72.6 Å². The van der Waals surface area contributed by atoms with Crippen LogP contribution in [-0.2, 0) is 0 Å². The molecule has 0 aromatic heterocycles. The van der Waals surface area contributed by atoms with Gasteiger partial charge in [0.25, 0.3) is 0 Å². The van der Waals surface area contributed by atoms with Crippen molar-refractivity contribution in [2.45, 2.75) is 53.5 Å². The highest BCUT2D eigenvalue weighted by atomic mass is 14.9. The minimum absolute atomic E-state index is 0.718. The highest BCUT2D eigenvalue weighted by molar-refractivity contribution is 4.66. The number of nitrogens with one attached hydrogen (secondary N) is 1. The molecule has 0 spiro atoms. The summed E-state index contributed by atoms with van der Waals surface area (Å²) in [5, 5.41) is 3.30. The third-order valence-corrected chi connectivity index (χ3v) is 1.78. The summed E-state index contributed by atoms with van der Waals surface area (Å²) in [6, 6.07) is 0.718. The molecule has 0 rings (SSSR count). The van der Waals surface area contributed by atoms with Gasteiger partial charge in [0.1, 0.15) is 0 Å². The lowest BCUT2D eigenvalue weighted by Gasteiger charge is -2.18. The summed E-state index contributed by atoms with van der Waals surface area (Å²) in [7, 11) is 2.04. The molecule has 0 saturated carbocycles. The first-order chi connectivity index (χ1) is 5.22. The van der Waals surface area contributed by atoms with Gasteiger partial charge in [0.05, 0.1) is 0 Å². The van der Waals surface area contributed by atoms with Crippen molar-refractivity contribution in [1.82, 2.24) is 5.32 Å². The van der Waals surface area contributed by atoms with Gasteiger partial charge in [-0.25, -0.2) is 0 Å². The third-order valence-electron chi connectivity index (χ3n) is 1.78. The smallest absolute Gasteiger partial charge is 0.00869 e. The molecule has 0 aromatic rings. The summed E-state index contributed by atoms with van der Waals surface area (Å²) in [4.78, 5) is 0. The number of hydrogen-bond donors (Lipinski definition) is 1. The third kappa shape index (κ3) is 7.86. The predicted molar refractivity (Wildman–Crippen MR) is 53.9 cm³/mol. The standard InChI is InChI=1S/C8H19N.C2H6/c1-5-6-8(9-4)7(2)3;1-2/h7-9H,5-6H2,1-4H3;1-2H3/t8-;/m0./s1. The van der Waals surface area contributed by atoms with Crippen molar-refractivity contribution in [1.29, 1.82) is 0 Å². The van der Waals surface area contributed by atoms with Gasteiger partial charge < -0.3 is 5.32 Å². The first-order valence-corrected chi connectivity index (χ1v) is 4.89. The minimum atomic E-state index is 0.718. The molecule has 0 amide bonds. The second-order valence-corrected chi connectivity index (χ2v) is 2.93. The highest BCUT2D eigenvalue weighted by Crippen LogP contribution is 2.06. The summed E-state index contributed by atoms with van der Waals surface area (Å²) >= 11 is 0. The maximum absolute atomic E-state index is 3.30. The first kappa shape index (κ1) is 13.5. The first-order valence-electron chi connectivity index (χ1n) is 4.89. The molecule has 0 aliphatic carbocycles. The second kappa shape index (κ2) is 9.96. The molecule has 1 heteroatoms. The zero-order valence-electron chi connectivity index (χ0n) is 9.07. The lowest BCUT2D eigenvalue weighted by atomic mass is 10.0. The molecule has 0 heterocycles. The Kier molecular flexibility index (Phi) is 12.3. The van der Waals surface area contributed by atoms with Crippen LogP contribution >= 0.6 is 0 Å². The Morgan fingerprint density at radius 3 is 1.73 bits per heavy atom. The van der Waals surface area contributed by atoms with Gasteiger partial charge in [0.2, 0.25) is 0 Å². The van der Waals surface area contributed by atoms with Crippen molar-refractivity contribution in [3.05, 3.63) is 0 Å². The fraction of sp³-hybridized carbons (Fsp3) is 1.00. The van der Waals surface area contributed by atoms with Crippen LogP contribution in [0, 0.1) is 5.92 Å². The van der Waals surface area contributed by atoms with Crippen LogP contribution < -0.4 is 5.32 Å². The van der Waals surface area contributed by atoms with Crippen LogP contribution in [0.2, 0.25) is 0 Å². The zero-order chi connectivity index (χ0) is 9.28. The van der Waals surface area contributed by atoms with E-state index in [0.717, 1.165) is 12.0 Å². The van der Waals surface area contributed by atoms with E-state index in [2.05, 4.69) is 26.1 Å². The lowest BCUT2D eigenvalue weighted by Crippen LogP contribution is -2.30. The van der Waals surface area contributed by atoms with E-state index in [9.17, 15) is 0 Å². The van der Waals surface area contributed by atoms with E-state index >= 15 is 0 Å². The molecule has 0 bridgehead atoms. The average Bonchev–Trinajstić information content (AvgIpc) is 2.03. The van der Waals surface area contributed by atoms with Crippen molar-refractivity contribution in [2.75, 3.05) is 7.05 Å². The summed E-state index contributed by atoms with van der Waals surface area (Å²) in [5.41, 5.74) is 0. The number of hydrogen-bond acceptors (Lipinski definition) is 1. The monoisotopic (exact) mass is 159 g/mol. The fourth-order valence-electron chi connectivity index (χ4n) is 1.12. The van der Waals surface area contributed by atoms with Crippen molar-refractivity contribution in [3.8, 4) is 0 Å². The molecule has 1 nitrogen and oxygen atoms in total. The van der Waals surface area contributed by atoms with Gasteiger partial charge in [-0.15, -0.1) is 0 Å². The van der Waals surface area contributed by atoms with Crippen molar-refractivity contribution in [2.24, 2.45) is 5.92 Å². The van der Waals surface area contributed by atoms with Crippen LogP contribution in [0.3, 0.4) is 0 Å². The van der Waals surface area contributed by atoms with Crippen molar-refractivity contribution < 1.29 is 0 Å². The van der Waals surface area contributed by atoms with E-state index in [-0.39, 0.29) is 0 Å². The van der Waals surface area contributed by atoms with Crippen molar-refractivity contribution >= 4 is 0 Å². The van der Waals surface area contributed by atoms with Gasteiger partial charge in [0, 0.05) is 6.04 Å². The van der Waals surface area contributed by atoms with E-state index in [1.165, 1.54) is 12.8 Å². The molecule has 0 radical (unpaired) electrons. The van der Waals surface area contributed by atoms with Crippen LogP contribution in [0.4, 0.5) is 0 Å². The molecule has 70 valence electrons. The molecule has 0 aliphatic heterocycles. The Morgan fingerprint density at radius 1 is 1.18 bits per heavy atom. The van der Waals surface area contributed by atoms with Gasteiger partial charge in [-0.2, -0.15) is 0 Å². The largest absolute Gasteiger partial charge is 0.317 e. The van der Waals surface area contributed by atoms with Gasteiger partial charge in [0.15, 0.2) is 0 Å². The maximum atomic E-state index is 3.30. The van der Waals surface area contributed by atoms with Gasteiger partial charge >= 0.3 is 0 Å². The van der Waals surface area contributed by atoms with Crippen molar-refractivity contribution in [3.63, 3.8) is 0 Å². The van der Waals surface area contributed by atoms with Gasteiger partial charge in [-0.3, -0.25) is 0 Å². The summed E-state index contributed by atoms with van der Waals surface area (Å²) in [6.07, 6.45) is 2.58. The molecule has 0 saturated heterocycles. The van der Waals surface area contributed by atoms with Crippen LogP contribution in [-0.4, -0.2) is 13.1 Å². The Bertz CT molecular complexity index is 59.9. The molecular formula is C10H25N. The van der Waals surface area contributed by atoms with E-state index in [1.54, 1.807) is 0 Å². The maximum Gasteiger partial charge on any atom is 0.00869 e. The molecule has 1 atom stereocenters. The van der Waals surface area contributed by atoms with Crippen LogP contribution in [0.5, 0.6) is 0 Å². The highest BCUT2D eigenvalue weighted by Gasteiger charge is 2.07. The second-order valence-electron chi connectivity index (χ2n) is 2.93. The predicted octanol–water partition coefficient (Wildman–Crippen LogP) is 3.06. The summed E-state index contributed by atoms with van der Waals surface area (Å²) < 4.78 is 0. The topological polar surface area (TPSA) is 12.0 Å². The Balaban J connectivity index is 0. The molecule has 0 fully saturated rings. The van der Waals surface area contributed by atoms with Crippen LogP contribution in [0.1, 0.15) is 47.5 Å². The van der Waals surface area contributed by atoms with Crippen LogP contribution in [0.15, 0.2) is 0 Å². The summed E-state index contributed by atoms with van der Waals surface area (Å²) in [5.74, 6) is 0.773. The molecule has 11 heavy (non-hydrogen) atoms. The minimum Gasteiger partial charge on any atom is -0.317 e. The molecular weight excluding hydrogens is 134 g/mol. The SMILES string of the molecule is CC.CCC[C@H](NC)C(C)C. The lowest BCUT2D eigenvalue weighted by molar-refractivity contribution is 0.399. The number of rotatable bonds is 4. The molecule has 0 unspecified atom stereocenters. The quantitative estimate of drug-likeness (QED) is 0.665. The van der Waals surface area contributed by atoms with E-state index < -0.39 is 0 Å². The zero-order valence-corrected chi connectivity index (χ0v) is 9.07. The van der Waals surface area contributed by atoms with E-state index in [0.29, 0.717) is 0 Å². The molecule has 0 aliphatic rings. The van der Waals surface area contributed by atoms with E-state index in [4.69, 9.17) is 0 Å².